The van der Waals surface area contributed by atoms with Gasteiger partial charge in [-0.3, -0.25) is 14.3 Å². The van der Waals surface area contributed by atoms with Gasteiger partial charge in [0.15, 0.2) is 0 Å². The fourth-order valence-corrected chi connectivity index (χ4v) is 4.22. The number of benzene rings is 1. The number of aryl methyl sites for hydroxylation is 1. The standard InChI is InChI=1S/C24H40NO2P/c1-6-7-8-9-10-11-12-21-13-15-22(16-14-21)25(24(26)28-27)23(17-19(2)3)18-20(4)5/h13-16,19-20,23H,6-12,17-18H2,1-5H3. The minimum atomic E-state index is -0.434. The molecular weight excluding hydrogens is 365 g/mol. The molecule has 0 aliphatic rings. The number of carbonyl (C=O) groups is 1. The molecule has 1 amide bonds. The van der Waals surface area contributed by atoms with E-state index in [1.54, 1.807) is 4.90 Å². The third-order valence-corrected chi connectivity index (χ3v) is 5.54. The summed E-state index contributed by atoms with van der Waals surface area (Å²) in [5.74, 6) is 0.962. The molecule has 1 rings (SSSR count). The molecule has 0 unspecified atom stereocenters. The zero-order chi connectivity index (χ0) is 20.9. The summed E-state index contributed by atoms with van der Waals surface area (Å²) in [5, 5.41) is 0. The van der Waals surface area contributed by atoms with E-state index in [-0.39, 0.29) is 11.7 Å². The van der Waals surface area contributed by atoms with E-state index < -0.39 is 8.46 Å². The summed E-state index contributed by atoms with van der Waals surface area (Å²) in [7, 11) is -0.434. The lowest BCUT2D eigenvalue weighted by Crippen LogP contribution is -2.39. The normalized spacial score (nSPS) is 11.7. The first-order chi connectivity index (χ1) is 13.4. The lowest BCUT2D eigenvalue weighted by atomic mass is 9.94. The van der Waals surface area contributed by atoms with Crippen molar-refractivity contribution in [1.29, 1.82) is 0 Å². The highest BCUT2D eigenvalue weighted by Gasteiger charge is 2.27. The number of amides is 1. The first-order valence-corrected chi connectivity index (χ1v) is 12.0. The Morgan fingerprint density at radius 2 is 1.43 bits per heavy atom. The number of hydrogen-bond acceptors (Lipinski definition) is 2. The monoisotopic (exact) mass is 405 g/mol. The van der Waals surface area contributed by atoms with Crippen LogP contribution < -0.4 is 4.90 Å². The summed E-state index contributed by atoms with van der Waals surface area (Å²) >= 11 is 0. The Bertz CT molecular complexity index is 558. The SMILES string of the molecule is CCCCCCCCc1ccc(N(C(=O)P=O)C(CC(C)C)CC(C)C)cc1. The molecule has 0 saturated heterocycles. The molecule has 0 radical (unpaired) electrons. The van der Waals surface area contributed by atoms with Crippen LogP contribution in [-0.4, -0.2) is 11.7 Å². The average Bonchev–Trinajstić information content (AvgIpc) is 2.64. The zero-order valence-electron chi connectivity index (χ0n) is 18.6. The molecule has 1 aromatic carbocycles. The summed E-state index contributed by atoms with van der Waals surface area (Å²) in [6.45, 7) is 10.9. The highest BCUT2D eigenvalue weighted by Crippen LogP contribution is 2.29. The van der Waals surface area contributed by atoms with Gasteiger partial charge in [0.1, 0.15) is 0 Å². The first kappa shape index (κ1) is 24.8. The summed E-state index contributed by atoms with van der Waals surface area (Å²) in [4.78, 5) is 14.3. The molecule has 28 heavy (non-hydrogen) atoms. The molecule has 0 atom stereocenters. The number of carbonyl (C=O) groups excluding carboxylic acids is 1. The van der Waals surface area contributed by atoms with Crippen molar-refractivity contribution in [2.24, 2.45) is 11.8 Å². The van der Waals surface area contributed by atoms with E-state index in [1.807, 2.05) is 12.1 Å². The van der Waals surface area contributed by atoms with E-state index >= 15 is 0 Å². The predicted octanol–water partition coefficient (Wildman–Crippen LogP) is 8.27. The highest BCUT2D eigenvalue weighted by atomic mass is 31.1. The van der Waals surface area contributed by atoms with Crippen molar-refractivity contribution in [3.8, 4) is 0 Å². The summed E-state index contributed by atoms with van der Waals surface area (Å²) < 4.78 is 11.4. The van der Waals surface area contributed by atoms with Gasteiger partial charge in [-0.1, -0.05) is 78.9 Å². The van der Waals surface area contributed by atoms with Gasteiger partial charge in [-0.2, -0.15) is 0 Å². The molecule has 0 heterocycles. The van der Waals surface area contributed by atoms with Crippen LogP contribution in [0.5, 0.6) is 0 Å². The topological polar surface area (TPSA) is 37.4 Å². The quantitative estimate of drug-likeness (QED) is 0.231. The Morgan fingerprint density at radius 3 is 1.93 bits per heavy atom. The van der Waals surface area contributed by atoms with Crippen LogP contribution in [0.1, 0.15) is 91.5 Å². The Balaban J connectivity index is 2.82. The van der Waals surface area contributed by atoms with Crippen LogP contribution in [0, 0.1) is 11.8 Å². The predicted molar refractivity (Wildman–Crippen MR) is 122 cm³/mol. The second-order valence-corrected chi connectivity index (χ2v) is 9.41. The molecule has 0 N–H and O–H groups in total. The maximum atomic E-state index is 12.5. The molecular formula is C24H40NO2P. The highest BCUT2D eigenvalue weighted by molar-refractivity contribution is 7.46. The number of unbranched alkanes of at least 4 members (excludes halogenated alkanes) is 5. The molecule has 3 nitrogen and oxygen atoms in total. The van der Waals surface area contributed by atoms with E-state index in [0.29, 0.717) is 11.8 Å². The average molecular weight is 406 g/mol. The van der Waals surface area contributed by atoms with Gasteiger partial charge in [-0.15, -0.1) is 0 Å². The number of hydrogen-bond donors (Lipinski definition) is 0. The molecule has 0 fully saturated rings. The molecule has 1 aromatic rings. The first-order valence-electron chi connectivity index (χ1n) is 11.1. The van der Waals surface area contributed by atoms with Crippen LogP contribution in [0.4, 0.5) is 10.5 Å². The Labute approximate surface area is 174 Å². The zero-order valence-corrected chi connectivity index (χ0v) is 19.5. The van der Waals surface area contributed by atoms with E-state index in [9.17, 15) is 9.36 Å². The van der Waals surface area contributed by atoms with Crippen molar-refractivity contribution in [1.82, 2.24) is 0 Å². The largest absolute Gasteiger partial charge is 0.319 e. The van der Waals surface area contributed by atoms with E-state index in [2.05, 4.69) is 46.8 Å². The molecule has 0 aliphatic heterocycles. The second kappa shape index (κ2) is 13.9. The summed E-state index contributed by atoms with van der Waals surface area (Å²) in [6, 6.07) is 8.40. The van der Waals surface area contributed by atoms with Gasteiger partial charge in [-0.25, -0.2) is 0 Å². The lowest BCUT2D eigenvalue weighted by molar-refractivity contribution is 0.259. The van der Waals surface area contributed by atoms with Crippen LogP contribution >= 0.6 is 8.46 Å². The van der Waals surface area contributed by atoms with E-state index in [4.69, 9.17) is 0 Å². The second-order valence-electron chi connectivity index (χ2n) is 8.84. The van der Waals surface area contributed by atoms with Crippen molar-refractivity contribution < 1.29 is 9.36 Å². The Morgan fingerprint density at radius 1 is 0.893 bits per heavy atom. The van der Waals surface area contributed by atoms with Gasteiger partial charge in [0.25, 0.3) is 8.46 Å². The van der Waals surface area contributed by atoms with Crippen molar-refractivity contribution in [2.75, 3.05) is 4.90 Å². The van der Waals surface area contributed by atoms with Crippen molar-refractivity contribution in [2.45, 2.75) is 98.4 Å². The Kier molecular flexibility index (Phi) is 12.3. The third-order valence-electron chi connectivity index (χ3n) is 5.17. The van der Waals surface area contributed by atoms with Crippen LogP contribution in [-0.2, 0) is 11.0 Å². The van der Waals surface area contributed by atoms with E-state index in [0.717, 1.165) is 24.9 Å². The fourth-order valence-electron chi connectivity index (χ4n) is 3.85. The van der Waals surface area contributed by atoms with Gasteiger partial charge < -0.3 is 0 Å². The molecule has 4 heteroatoms. The van der Waals surface area contributed by atoms with Gasteiger partial charge in [0, 0.05) is 11.7 Å². The molecule has 0 aliphatic carbocycles. The van der Waals surface area contributed by atoms with Crippen molar-refractivity contribution >= 4 is 19.8 Å². The smallest absolute Gasteiger partial charge is 0.299 e. The maximum Gasteiger partial charge on any atom is 0.319 e. The summed E-state index contributed by atoms with van der Waals surface area (Å²) in [5.41, 5.74) is 1.84. The van der Waals surface area contributed by atoms with Crippen LogP contribution in [0.2, 0.25) is 0 Å². The molecule has 0 saturated carbocycles. The van der Waals surface area contributed by atoms with Gasteiger partial charge >= 0.3 is 5.65 Å². The third kappa shape index (κ3) is 9.32. The number of anilines is 1. The van der Waals surface area contributed by atoms with E-state index in [1.165, 1.54) is 44.1 Å². The van der Waals surface area contributed by atoms with Crippen LogP contribution in [0.25, 0.3) is 0 Å². The number of nitrogens with zero attached hydrogens (tertiary/aromatic N) is 1. The fraction of sp³-hybridized carbons (Fsp3) is 0.708. The molecule has 0 aromatic heterocycles. The van der Waals surface area contributed by atoms with Crippen molar-refractivity contribution in [3.05, 3.63) is 29.8 Å². The molecule has 158 valence electrons. The summed E-state index contributed by atoms with van der Waals surface area (Å²) in [6.07, 6.45) is 10.7. The van der Waals surface area contributed by atoms with Crippen molar-refractivity contribution in [3.63, 3.8) is 0 Å². The maximum absolute atomic E-state index is 12.5. The minimum absolute atomic E-state index is 0.0818. The molecule has 0 bridgehead atoms. The lowest BCUT2D eigenvalue weighted by Gasteiger charge is -2.32. The van der Waals surface area contributed by atoms with Gasteiger partial charge in [-0.05, 0) is 55.2 Å². The van der Waals surface area contributed by atoms with Crippen LogP contribution in [0.3, 0.4) is 0 Å². The Hall–Kier alpha value is -1.21. The minimum Gasteiger partial charge on any atom is -0.299 e. The number of rotatable bonds is 14. The van der Waals surface area contributed by atoms with Gasteiger partial charge in [0.05, 0.1) is 0 Å². The van der Waals surface area contributed by atoms with Crippen LogP contribution in [0.15, 0.2) is 24.3 Å². The van der Waals surface area contributed by atoms with Gasteiger partial charge in [0.2, 0.25) is 0 Å². The molecule has 0 spiro atoms.